The molecule has 20 heavy (non-hydrogen) atoms. The fourth-order valence-corrected chi connectivity index (χ4v) is 3.35. The van der Waals surface area contributed by atoms with Crippen LogP contribution in [0.3, 0.4) is 0 Å². The summed E-state index contributed by atoms with van der Waals surface area (Å²) in [5.74, 6) is -1.25. The molecule has 0 saturated carbocycles. The summed E-state index contributed by atoms with van der Waals surface area (Å²) in [6.07, 6.45) is 0. The largest absolute Gasteiger partial charge is 0.478 e. The molecule has 0 aliphatic heterocycles. The third-order valence-corrected chi connectivity index (χ3v) is 4.77. The van der Waals surface area contributed by atoms with Gasteiger partial charge >= 0.3 is 5.97 Å². The minimum absolute atomic E-state index is 0.0144. The molecule has 0 bridgehead atoms. The molecule has 0 radical (unpaired) electrons. The minimum Gasteiger partial charge on any atom is -0.478 e. The van der Waals surface area contributed by atoms with Gasteiger partial charge < -0.3 is 5.11 Å². The van der Waals surface area contributed by atoms with E-state index in [9.17, 15) is 13.2 Å². The highest BCUT2D eigenvalue weighted by atomic mass is 35.5. The number of sulfone groups is 1. The van der Waals surface area contributed by atoms with Crippen molar-refractivity contribution in [1.82, 2.24) is 0 Å². The Labute approximate surface area is 125 Å². The summed E-state index contributed by atoms with van der Waals surface area (Å²) in [5.41, 5.74) is -0.190. The number of hydrogen-bond donors (Lipinski definition) is 1. The Morgan fingerprint density at radius 1 is 0.900 bits per heavy atom. The Bertz CT molecular complexity index is 767. The van der Waals surface area contributed by atoms with Crippen LogP contribution in [-0.4, -0.2) is 19.5 Å². The van der Waals surface area contributed by atoms with Crippen molar-refractivity contribution in [3.8, 4) is 0 Å². The van der Waals surface area contributed by atoms with Crippen molar-refractivity contribution in [2.24, 2.45) is 0 Å². The predicted octanol–water partition coefficient (Wildman–Crippen LogP) is 3.52. The lowest BCUT2D eigenvalue weighted by Crippen LogP contribution is -2.05. The van der Waals surface area contributed by atoms with Crippen molar-refractivity contribution in [3.63, 3.8) is 0 Å². The molecule has 0 fully saturated rings. The zero-order chi connectivity index (χ0) is 14.9. The first-order valence-electron chi connectivity index (χ1n) is 5.35. The number of carbonyl (C=O) groups is 1. The molecule has 0 amide bonds. The molecule has 0 aromatic heterocycles. The lowest BCUT2D eigenvalue weighted by Gasteiger charge is -2.06. The van der Waals surface area contributed by atoms with Crippen LogP contribution in [0.1, 0.15) is 10.4 Å². The molecule has 0 atom stereocenters. The SMILES string of the molecule is O=C(O)c1cc(Cl)cc(S(=O)(=O)c2ccc(Cl)cc2)c1. The molecule has 0 saturated heterocycles. The Morgan fingerprint density at radius 2 is 1.50 bits per heavy atom. The van der Waals surface area contributed by atoms with Gasteiger partial charge in [0.25, 0.3) is 0 Å². The monoisotopic (exact) mass is 330 g/mol. The third kappa shape index (κ3) is 2.95. The van der Waals surface area contributed by atoms with Gasteiger partial charge in [0.05, 0.1) is 15.4 Å². The first kappa shape index (κ1) is 14.8. The number of halogens is 2. The predicted molar refractivity (Wildman–Crippen MR) is 75.3 cm³/mol. The van der Waals surface area contributed by atoms with E-state index >= 15 is 0 Å². The van der Waals surface area contributed by atoms with Gasteiger partial charge in [-0.2, -0.15) is 0 Å². The molecule has 2 aromatic carbocycles. The van der Waals surface area contributed by atoms with E-state index in [2.05, 4.69) is 0 Å². The Balaban J connectivity index is 2.60. The van der Waals surface area contributed by atoms with Crippen LogP contribution >= 0.6 is 23.2 Å². The van der Waals surface area contributed by atoms with Crippen molar-refractivity contribution >= 4 is 39.0 Å². The standard InChI is InChI=1S/C13H8Cl2O4S/c14-9-1-3-11(4-2-9)20(18,19)12-6-8(13(16)17)5-10(15)7-12/h1-7H,(H,16,17). The van der Waals surface area contributed by atoms with Crippen molar-refractivity contribution in [2.45, 2.75) is 9.79 Å². The zero-order valence-corrected chi connectivity index (χ0v) is 12.2. The maximum atomic E-state index is 12.4. The minimum atomic E-state index is -3.84. The van der Waals surface area contributed by atoms with E-state index in [0.717, 1.165) is 6.07 Å². The second-order valence-corrected chi connectivity index (χ2v) is 6.76. The number of carboxylic acids is 1. The third-order valence-electron chi connectivity index (χ3n) is 2.55. The number of rotatable bonds is 3. The van der Waals surface area contributed by atoms with Gasteiger partial charge in [-0.25, -0.2) is 13.2 Å². The highest BCUT2D eigenvalue weighted by Crippen LogP contribution is 2.26. The van der Waals surface area contributed by atoms with Gasteiger partial charge in [-0.3, -0.25) is 0 Å². The van der Waals surface area contributed by atoms with E-state index in [-0.39, 0.29) is 20.4 Å². The molecule has 2 rings (SSSR count). The Kier molecular flexibility index (Phi) is 4.04. The van der Waals surface area contributed by atoms with E-state index in [1.165, 1.54) is 36.4 Å². The molecule has 0 aliphatic rings. The van der Waals surface area contributed by atoms with E-state index in [1.54, 1.807) is 0 Å². The smallest absolute Gasteiger partial charge is 0.335 e. The molecular formula is C13H8Cl2O4S. The van der Waals surface area contributed by atoms with Gasteiger partial charge in [-0.15, -0.1) is 0 Å². The van der Waals surface area contributed by atoms with Crippen molar-refractivity contribution in [1.29, 1.82) is 0 Å². The first-order chi connectivity index (χ1) is 9.30. The van der Waals surface area contributed by atoms with Crippen LogP contribution in [0.25, 0.3) is 0 Å². The summed E-state index contributed by atoms with van der Waals surface area (Å²) in [6, 6.07) is 9.03. The summed E-state index contributed by atoms with van der Waals surface area (Å²) in [5, 5.41) is 9.38. The Hall–Kier alpha value is -1.56. The van der Waals surface area contributed by atoms with Gasteiger partial charge in [0.1, 0.15) is 0 Å². The molecule has 0 heterocycles. The van der Waals surface area contributed by atoms with Crippen LogP contribution < -0.4 is 0 Å². The lowest BCUT2D eigenvalue weighted by molar-refractivity contribution is 0.0696. The Morgan fingerprint density at radius 3 is 2.05 bits per heavy atom. The molecule has 0 spiro atoms. The van der Waals surface area contributed by atoms with Crippen molar-refractivity contribution in [3.05, 3.63) is 58.1 Å². The van der Waals surface area contributed by atoms with E-state index < -0.39 is 15.8 Å². The fraction of sp³-hybridized carbons (Fsp3) is 0. The lowest BCUT2D eigenvalue weighted by atomic mass is 10.2. The topological polar surface area (TPSA) is 71.4 Å². The number of aromatic carboxylic acids is 1. The van der Waals surface area contributed by atoms with E-state index in [4.69, 9.17) is 28.3 Å². The van der Waals surface area contributed by atoms with Gasteiger partial charge in [-0.05, 0) is 42.5 Å². The average molecular weight is 331 g/mol. The first-order valence-corrected chi connectivity index (χ1v) is 7.59. The van der Waals surface area contributed by atoms with Crippen LogP contribution in [0.4, 0.5) is 0 Å². The average Bonchev–Trinajstić information content (AvgIpc) is 2.38. The summed E-state index contributed by atoms with van der Waals surface area (Å²) < 4.78 is 24.8. The van der Waals surface area contributed by atoms with Crippen LogP contribution in [0.2, 0.25) is 10.0 Å². The molecular weight excluding hydrogens is 323 g/mol. The number of benzene rings is 2. The summed E-state index contributed by atoms with van der Waals surface area (Å²) in [6.45, 7) is 0. The molecule has 0 unspecified atom stereocenters. The van der Waals surface area contributed by atoms with Crippen molar-refractivity contribution < 1.29 is 18.3 Å². The summed E-state index contributed by atoms with van der Waals surface area (Å²) in [4.78, 5) is 10.8. The highest BCUT2D eigenvalue weighted by Gasteiger charge is 2.20. The quantitative estimate of drug-likeness (QED) is 0.934. The van der Waals surface area contributed by atoms with E-state index in [0.29, 0.717) is 5.02 Å². The molecule has 104 valence electrons. The molecule has 2 aromatic rings. The van der Waals surface area contributed by atoms with Crippen LogP contribution in [0, 0.1) is 0 Å². The maximum Gasteiger partial charge on any atom is 0.335 e. The normalized spacial score (nSPS) is 11.3. The highest BCUT2D eigenvalue weighted by molar-refractivity contribution is 7.91. The molecule has 0 aliphatic carbocycles. The van der Waals surface area contributed by atoms with Gasteiger partial charge in [0.15, 0.2) is 0 Å². The van der Waals surface area contributed by atoms with E-state index in [1.807, 2.05) is 0 Å². The zero-order valence-electron chi connectivity index (χ0n) is 9.88. The van der Waals surface area contributed by atoms with Crippen molar-refractivity contribution in [2.75, 3.05) is 0 Å². The van der Waals surface area contributed by atoms with Gasteiger partial charge in [0, 0.05) is 10.0 Å². The van der Waals surface area contributed by atoms with Crippen LogP contribution in [0.15, 0.2) is 52.3 Å². The van der Waals surface area contributed by atoms with Crippen LogP contribution in [0.5, 0.6) is 0 Å². The summed E-state index contributed by atoms with van der Waals surface area (Å²) >= 11 is 11.5. The second-order valence-electron chi connectivity index (χ2n) is 3.94. The molecule has 1 N–H and O–H groups in total. The van der Waals surface area contributed by atoms with Gasteiger partial charge in [0.2, 0.25) is 9.84 Å². The number of carboxylic acid groups (broad SMARTS) is 1. The van der Waals surface area contributed by atoms with Gasteiger partial charge in [-0.1, -0.05) is 23.2 Å². The molecule has 7 heteroatoms. The van der Waals surface area contributed by atoms with Crippen LogP contribution in [-0.2, 0) is 9.84 Å². The number of hydrogen-bond acceptors (Lipinski definition) is 3. The molecule has 4 nitrogen and oxygen atoms in total. The second kappa shape index (κ2) is 5.44. The summed E-state index contributed by atoms with van der Waals surface area (Å²) in [7, 11) is -3.84. The maximum absolute atomic E-state index is 12.4. The fourth-order valence-electron chi connectivity index (χ4n) is 1.59.